The summed E-state index contributed by atoms with van der Waals surface area (Å²) in [7, 11) is 4.04. The van der Waals surface area contributed by atoms with Crippen LogP contribution in [0.2, 0.25) is 0 Å². The molecule has 132 valence electrons. The Morgan fingerprint density at radius 2 is 2.04 bits per heavy atom. The van der Waals surface area contributed by atoms with Gasteiger partial charge in [-0.05, 0) is 19.1 Å². The van der Waals surface area contributed by atoms with Crippen LogP contribution in [-0.2, 0) is 13.1 Å². The number of aromatic nitrogens is 5. The molecule has 0 spiro atoms. The van der Waals surface area contributed by atoms with Gasteiger partial charge in [0.05, 0.1) is 19.0 Å². The maximum atomic E-state index is 5.83. The molecule has 7 nitrogen and oxygen atoms in total. The van der Waals surface area contributed by atoms with E-state index < -0.39 is 0 Å². The molecule has 3 rings (SSSR count). The van der Waals surface area contributed by atoms with Crippen molar-refractivity contribution < 1.29 is 4.74 Å². The fourth-order valence-corrected chi connectivity index (χ4v) is 2.48. The van der Waals surface area contributed by atoms with Crippen LogP contribution in [0.4, 0.5) is 5.69 Å². The molecule has 0 aliphatic carbocycles. The van der Waals surface area contributed by atoms with Crippen LogP contribution in [0.5, 0.6) is 5.75 Å². The fourth-order valence-electron chi connectivity index (χ4n) is 2.48. The maximum Gasteiger partial charge on any atom is 0.121 e. The topological polar surface area (TPSA) is 61.0 Å². The highest BCUT2D eigenvalue weighted by atomic mass is 16.5. The monoisotopic (exact) mass is 340 g/mol. The largest absolute Gasteiger partial charge is 0.493 e. The van der Waals surface area contributed by atoms with Crippen LogP contribution in [0, 0.1) is 0 Å². The Balaban J connectivity index is 1.49. The highest BCUT2D eigenvalue weighted by Crippen LogP contribution is 2.19. The number of benzene rings is 1. The molecule has 0 unspecified atom stereocenters. The molecular weight excluding hydrogens is 316 g/mol. The number of ether oxygens (including phenoxy) is 1. The number of rotatable bonds is 8. The van der Waals surface area contributed by atoms with Gasteiger partial charge in [0.15, 0.2) is 0 Å². The SMILES string of the molecule is CCn1cc(-c2cn(CCCOc3cccc(N(C)C)c3)nn2)cn1. The van der Waals surface area contributed by atoms with E-state index in [9.17, 15) is 0 Å². The molecule has 1 aromatic carbocycles. The van der Waals surface area contributed by atoms with Crippen molar-refractivity contribution in [1.29, 1.82) is 0 Å². The molecule has 0 aliphatic rings. The van der Waals surface area contributed by atoms with Crippen molar-refractivity contribution >= 4 is 5.69 Å². The summed E-state index contributed by atoms with van der Waals surface area (Å²) < 4.78 is 9.55. The molecule has 7 heteroatoms. The van der Waals surface area contributed by atoms with E-state index in [4.69, 9.17) is 4.74 Å². The molecule has 2 heterocycles. The first kappa shape index (κ1) is 17.0. The zero-order valence-corrected chi connectivity index (χ0v) is 15.0. The van der Waals surface area contributed by atoms with E-state index in [1.54, 1.807) is 0 Å². The van der Waals surface area contributed by atoms with Gasteiger partial charge in [-0.3, -0.25) is 9.36 Å². The van der Waals surface area contributed by atoms with E-state index in [2.05, 4.69) is 33.3 Å². The van der Waals surface area contributed by atoms with Crippen LogP contribution in [0.1, 0.15) is 13.3 Å². The Hall–Kier alpha value is -2.83. The van der Waals surface area contributed by atoms with E-state index in [1.165, 1.54) is 0 Å². The first-order valence-electron chi connectivity index (χ1n) is 8.49. The summed E-state index contributed by atoms with van der Waals surface area (Å²) in [4.78, 5) is 2.06. The number of hydrogen-bond acceptors (Lipinski definition) is 5. The average Bonchev–Trinajstić information content (AvgIpc) is 3.28. The first-order valence-corrected chi connectivity index (χ1v) is 8.49. The quantitative estimate of drug-likeness (QED) is 0.590. The summed E-state index contributed by atoms with van der Waals surface area (Å²) >= 11 is 0. The average molecular weight is 340 g/mol. The van der Waals surface area contributed by atoms with Gasteiger partial charge in [-0.25, -0.2) is 0 Å². The Morgan fingerprint density at radius 1 is 1.16 bits per heavy atom. The van der Waals surface area contributed by atoms with Crippen LogP contribution < -0.4 is 9.64 Å². The van der Waals surface area contributed by atoms with Crippen molar-refractivity contribution in [1.82, 2.24) is 24.8 Å². The third-order valence-corrected chi connectivity index (χ3v) is 3.93. The summed E-state index contributed by atoms with van der Waals surface area (Å²) in [6.45, 7) is 4.31. The van der Waals surface area contributed by atoms with Gasteiger partial charge in [-0.2, -0.15) is 5.10 Å². The highest BCUT2D eigenvalue weighted by molar-refractivity contribution is 5.55. The van der Waals surface area contributed by atoms with Crippen LogP contribution >= 0.6 is 0 Å². The van der Waals surface area contributed by atoms with Crippen LogP contribution in [0.25, 0.3) is 11.3 Å². The summed E-state index contributed by atoms with van der Waals surface area (Å²) in [6, 6.07) is 8.08. The molecule has 0 N–H and O–H groups in total. The first-order chi connectivity index (χ1) is 12.2. The summed E-state index contributed by atoms with van der Waals surface area (Å²) in [5.41, 5.74) is 2.97. The minimum Gasteiger partial charge on any atom is -0.493 e. The maximum absolute atomic E-state index is 5.83. The lowest BCUT2D eigenvalue weighted by atomic mass is 10.3. The Bertz CT molecular complexity index is 807. The third-order valence-electron chi connectivity index (χ3n) is 3.93. The van der Waals surface area contributed by atoms with E-state index in [1.807, 2.05) is 60.2 Å². The van der Waals surface area contributed by atoms with Crippen molar-refractivity contribution in [2.45, 2.75) is 26.4 Å². The molecule has 0 bridgehead atoms. The molecule has 0 saturated carbocycles. The van der Waals surface area contributed by atoms with Crippen molar-refractivity contribution in [3.05, 3.63) is 42.9 Å². The standard InChI is InChI=1S/C18H24N6O/c1-4-23-13-15(12-19-23)18-14-24(21-20-18)9-6-10-25-17-8-5-7-16(11-17)22(2)3/h5,7-8,11-14H,4,6,9-10H2,1-3H3. The summed E-state index contributed by atoms with van der Waals surface area (Å²) in [6.07, 6.45) is 6.61. The summed E-state index contributed by atoms with van der Waals surface area (Å²) in [5, 5.41) is 12.7. The lowest BCUT2D eigenvalue weighted by molar-refractivity contribution is 0.298. The lowest BCUT2D eigenvalue weighted by Crippen LogP contribution is -2.09. The van der Waals surface area contributed by atoms with Crippen molar-refractivity contribution in [3.63, 3.8) is 0 Å². The highest BCUT2D eigenvalue weighted by Gasteiger charge is 2.06. The predicted molar refractivity (Wildman–Crippen MR) is 97.8 cm³/mol. The molecule has 3 aromatic rings. The van der Waals surface area contributed by atoms with Crippen LogP contribution in [0.3, 0.4) is 0 Å². The lowest BCUT2D eigenvalue weighted by Gasteiger charge is -2.14. The molecule has 0 radical (unpaired) electrons. The second-order valence-electron chi connectivity index (χ2n) is 6.05. The van der Waals surface area contributed by atoms with E-state index >= 15 is 0 Å². The zero-order chi connectivity index (χ0) is 17.6. The molecule has 0 atom stereocenters. The van der Waals surface area contributed by atoms with Crippen molar-refractivity contribution in [3.8, 4) is 17.0 Å². The van der Waals surface area contributed by atoms with Crippen molar-refractivity contribution in [2.24, 2.45) is 0 Å². The van der Waals surface area contributed by atoms with Crippen LogP contribution in [0.15, 0.2) is 42.9 Å². The fraction of sp³-hybridized carbons (Fsp3) is 0.389. The number of anilines is 1. The van der Waals surface area contributed by atoms with Gasteiger partial charge in [0.25, 0.3) is 0 Å². The predicted octanol–water partition coefficient (Wildman–Crippen LogP) is 2.70. The van der Waals surface area contributed by atoms with E-state index in [0.29, 0.717) is 6.61 Å². The Morgan fingerprint density at radius 3 is 2.80 bits per heavy atom. The summed E-state index contributed by atoms with van der Waals surface area (Å²) in [5.74, 6) is 0.887. The van der Waals surface area contributed by atoms with Gasteiger partial charge >= 0.3 is 0 Å². The zero-order valence-electron chi connectivity index (χ0n) is 15.0. The molecular formula is C18H24N6O. The number of aryl methyl sites for hydroxylation is 2. The third kappa shape index (κ3) is 4.37. The molecule has 25 heavy (non-hydrogen) atoms. The smallest absolute Gasteiger partial charge is 0.121 e. The van der Waals surface area contributed by atoms with Gasteiger partial charge < -0.3 is 9.64 Å². The number of hydrogen-bond donors (Lipinski definition) is 0. The molecule has 0 amide bonds. The van der Waals surface area contributed by atoms with E-state index in [0.717, 1.165) is 42.2 Å². The minimum absolute atomic E-state index is 0.639. The van der Waals surface area contributed by atoms with Crippen molar-refractivity contribution in [2.75, 3.05) is 25.6 Å². The van der Waals surface area contributed by atoms with Gasteiger partial charge in [-0.15, -0.1) is 5.10 Å². The molecule has 0 saturated heterocycles. The van der Waals surface area contributed by atoms with Gasteiger partial charge in [0, 0.05) is 57.1 Å². The Labute approximate surface area is 147 Å². The number of nitrogens with zero attached hydrogens (tertiary/aromatic N) is 6. The Kier molecular flexibility index (Phi) is 5.33. The second kappa shape index (κ2) is 7.83. The molecule has 0 fully saturated rings. The van der Waals surface area contributed by atoms with Crippen LogP contribution in [-0.4, -0.2) is 45.5 Å². The van der Waals surface area contributed by atoms with Gasteiger partial charge in [0.1, 0.15) is 11.4 Å². The second-order valence-corrected chi connectivity index (χ2v) is 6.05. The molecule has 2 aromatic heterocycles. The van der Waals surface area contributed by atoms with Gasteiger partial charge in [-0.1, -0.05) is 11.3 Å². The van der Waals surface area contributed by atoms with Gasteiger partial charge in [0.2, 0.25) is 0 Å². The van der Waals surface area contributed by atoms with E-state index in [-0.39, 0.29) is 0 Å². The molecule has 0 aliphatic heterocycles. The normalized spacial score (nSPS) is 10.8. The minimum atomic E-state index is 0.639.